The molecule has 0 radical (unpaired) electrons. The zero-order valence-corrected chi connectivity index (χ0v) is 12.8. The average molecular weight is 340 g/mol. The van der Waals surface area contributed by atoms with Gasteiger partial charge in [0.15, 0.2) is 0 Å². The second-order valence-corrected chi connectivity index (χ2v) is 6.42. The summed E-state index contributed by atoms with van der Waals surface area (Å²) >= 11 is 4.90. The van der Waals surface area contributed by atoms with Crippen LogP contribution >= 0.6 is 39.7 Å². The second-order valence-electron chi connectivity index (χ2n) is 3.96. The van der Waals surface area contributed by atoms with E-state index in [-0.39, 0.29) is 18.3 Å². The van der Waals surface area contributed by atoms with Gasteiger partial charge in [-0.2, -0.15) is 0 Å². The van der Waals surface area contributed by atoms with Crippen LogP contribution in [-0.4, -0.2) is 37.0 Å². The van der Waals surface area contributed by atoms with Crippen molar-refractivity contribution in [2.45, 2.75) is 18.9 Å². The van der Waals surface area contributed by atoms with E-state index in [0.717, 1.165) is 34.6 Å². The molecule has 1 amide bonds. The minimum atomic E-state index is 0. The predicted molar refractivity (Wildman–Crippen MR) is 77.3 cm³/mol. The van der Waals surface area contributed by atoms with Crippen molar-refractivity contribution in [3.05, 3.63) is 20.8 Å². The molecule has 96 valence electrons. The van der Waals surface area contributed by atoms with E-state index in [9.17, 15) is 4.79 Å². The van der Waals surface area contributed by atoms with Crippen molar-refractivity contribution >= 4 is 45.6 Å². The van der Waals surface area contributed by atoms with Crippen LogP contribution in [0.1, 0.15) is 22.5 Å². The van der Waals surface area contributed by atoms with Crippen molar-refractivity contribution in [2.75, 3.05) is 20.1 Å². The van der Waals surface area contributed by atoms with Gasteiger partial charge in [0.05, 0.1) is 8.66 Å². The summed E-state index contributed by atoms with van der Waals surface area (Å²) in [6, 6.07) is 4.19. The highest BCUT2D eigenvalue weighted by Crippen LogP contribution is 2.26. The minimum Gasteiger partial charge on any atom is -0.334 e. The molecular weight excluding hydrogens is 324 g/mol. The molecule has 1 unspecified atom stereocenters. The summed E-state index contributed by atoms with van der Waals surface area (Å²) in [5.74, 6) is 0.174. The number of nitrogens with zero attached hydrogens (tertiary/aromatic N) is 1. The topological polar surface area (TPSA) is 32.3 Å². The molecule has 0 aliphatic carbocycles. The molecule has 1 saturated heterocycles. The fraction of sp³-hybridized carbons (Fsp3) is 0.545. The average Bonchev–Trinajstić information content (AvgIpc) is 2.87. The molecule has 1 aromatic rings. The van der Waals surface area contributed by atoms with Gasteiger partial charge in [0.25, 0.3) is 5.91 Å². The normalized spacial score (nSPS) is 19.2. The lowest BCUT2D eigenvalue weighted by atomic mass is 10.2. The molecule has 1 aliphatic rings. The highest BCUT2D eigenvalue weighted by atomic mass is 79.9. The van der Waals surface area contributed by atoms with Gasteiger partial charge in [-0.15, -0.1) is 23.7 Å². The van der Waals surface area contributed by atoms with Crippen LogP contribution in [0.3, 0.4) is 0 Å². The summed E-state index contributed by atoms with van der Waals surface area (Å²) < 4.78 is 1.01. The van der Waals surface area contributed by atoms with E-state index in [1.165, 1.54) is 11.3 Å². The molecule has 1 aliphatic heterocycles. The second kappa shape index (κ2) is 6.73. The number of rotatable bonds is 3. The van der Waals surface area contributed by atoms with Gasteiger partial charge in [-0.05, 0) is 48.0 Å². The van der Waals surface area contributed by atoms with Gasteiger partial charge in [0, 0.05) is 19.1 Å². The van der Waals surface area contributed by atoms with E-state index < -0.39 is 0 Å². The molecule has 0 aromatic carbocycles. The first-order valence-electron chi connectivity index (χ1n) is 5.43. The Morgan fingerprint density at radius 1 is 1.65 bits per heavy atom. The molecule has 0 bridgehead atoms. The van der Waals surface area contributed by atoms with Crippen molar-refractivity contribution in [2.24, 2.45) is 0 Å². The first-order valence-corrected chi connectivity index (χ1v) is 7.04. The van der Waals surface area contributed by atoms with Crippen molar-refractivity contribution in [3.63, 3.8) is 0 Å². The number of thiophene rings is 1. The number of amides is 1. The highest BCUT2D eigenvalue weighted by molar-refractivity contribution is 9.11. The van der Waals surface area contributed by atoms with E-state index in [1.54, 1.807) is 0 Å². The Labute approximate surface area is 120 Å². The van der Waals surface area contributed by atoms with Crippen LogP contribution in [0.4, 0.5) is 0 Å². The van der Waals surface area contributed by atoms with Gasteiger partial charge in [-0.3, -0.25) is 4.79 Å². The van der Waals surface area contributed by atoms with E-state index in [4.69, 9.17) is 0 Å². The molecule has 6 heteroatoms. The molecule has 1 fully saturated rings. The SMILES string of the molecule is CNCC1CCCN1C(=O)c1ccc(Br)s1.Cl. The third kappa shape index (κ3) is 3.44. The molecule has 0 saturated carbocycles. The number of hydrogen-bond acceptors (Lipinski definition) is 3. The summed E-state index contributed by atoms with van der Waals surface area (Å²) in [7, 11) is 1.93. The van der Waals surface area contributed by atoms with Crippen LogP contribution in [0.15, 0.2) is 15.9 Å². The van der Waals surface area contributed by atoms with Crippen LogP contribution in [0, 0.1) is 0 Å². The lowest BCUT2D eigenvalue weighted by Gasteiger charge is -2.23. The minimum absolute atomic E-state index is 0. The zero-order chi connectivity index (χ0) is 11.5. The van der Waals surface area contributed by atoms with E-state index in [2.05, 4.69) is 21.2 Å². The van der Waals surface area contributed by atoms with Gasteiger partial charge in [0.1, 0.15) is 0 Å². The third-order valence-electron chi connectivity index (χ3n) is 2.86. The number of carbonyl (C=O) groups is 1. The molecule has 2 rings (SSSR count). The number of carbonyl (C=O) groups excluding carboxylic acids is 1. The predicted octanol–water partition coefficient (Wildman–Crippen LogP) is 2.76. The largest absolute Gasteiger partial charge is 0.334 e. The number of halogens is 2. The zero-order valence-electron chi connectivity index (χ0n) is 9.61. The Morgan fingerprint density at radius 3 is 3.00 bits per heavy atom. The van der Waals surface area contributed by atoms with E-state index >= 15 is 0 Å². The van der Waals surface area contributed by atoms with Crippen molar-refractivity contribution in [1.82, 2.24) is 10.2 Å². The fourth-order valence-corrected chi connectivity index (χ4v) is 3.46. The van der Waals surface area contributed by atoms with Crippen LogP contribution < -0.4 is 5.32 Å². The quantitative estimate of drug-likeness (QED) is 0.918. The number of hydrogen-bond donors (Lipinski definition) is 1. The van der Waals surface area contributed by atoms with Crippen LogP contribution in [0.5, 0.6) is 0 Å². The maximum absolute atomic E-state index is 12.2. The van der Waals surface area contributed by atoms with Gasteiger partial charge >= 0.3 is 0 Å². The molecule has 1 atom stereocenters. The van der Waals surface area contributed by atoms with Gasteiger partial charge in [0.2, 0.25) is 0 Å². The molecule has 0 spiro atoms. The Kier molecular flexibility index (Phi) is 5.92. The lowest BCUT2D eigenvalue weighted by Crippen LogP contribution is -2.40. The van der Waals surface area contributed by atoms with Crippen LogP contribution in [0.2, 0.25) is 0 Å². The fourth-order valence-electron chi connectivity index (χ4n) is 2.12. The van der Waals surface area contributed by atoms with E-state index in [1.807, 2.05) is 24.1 Å². The third-order valence-corrected chi connectivity index (χ3v) is 4.47. The molecule has 1 aromatic heterocycles. The maximum Gasteiger partial charge on any atom is 0.264 e. The molecule has 17 heavy (non-hydrogen) atoms. The smallest absolute Gasteiger partial charge is 0.264 e. The highest BCUT2D eigenvalue weighted by Gasteiger charge is 2.29. The molecular formula is C11H16BrClN2OS. The summed E-state index contributed by atoms with van der Waals surface area (Å²) in [5, 5.41) is 3.15. The van der Waals surface area contributed by atoms with Crippen LogP contribution in [0.25, 0.3) is 0 Å². The van der Waals surface area contributed by atoms with Crippen molar-refractivity contribution < 1.29 is 4.79 Å². The first kappa shape index (κ1) is 15.0. The Balaban J connectivity index is 0.00000144. The Hall–Kier alpha value is -0.100. The lowest BCUT2D eigenvalue weighted by molar-refractivity contribution is 0.0742. The molecule has 2 heterocycles. The molecule has 1 N–H and O–H groups in total. The monoisotopic (exact) mass is 338 g/mol. The number of likely N-dealkylation sites (tertiary alicyclic amines) is 1. The summed E-state index contributed by atoms with van der Waals surface area (Å²) in [6.45, 7) is 1.78. The first-order chi connectivity index (χ1) is 7.72. The Bertz CT molecular complexity index is 385. The number of nitrogens with one attached hydrogen (secondary N) is 1. The summed E-state index contributed by atoms with van der Waals surface area (Å²) in [5.41, 5.74) is 0. The van der Waals surface area contributed by atoms with Crippen LogP contribution in [-0.2, 0) is 0 Å². The van der Waals surface area contributed by atoms with Gasteiger partial charge < -0.3 is 10.2 Å². The summed E-state index contributed by atoms with van der Waals surface area (Å²) in [6.07, 6.45) is 2.23. The standard InChI is InChI=1S/C11H15BrN2OS.ClH/c1-13-7-8-3-2-6-14(8)11(15)9-4-5-10(12)16-9;/h4-5,8,13H,2-3,6-7H2,1H3;1H. The molecule has 3 nitrogen and oxygen atoms in total. The number of likely N-dealkylation sites (N-methyl/N-ethyl adjacent to an activating group) is 1. The maximum atomic E-state index is 12.2. The van der Waals surface area contributed by atoms with Crippen molar-refractivity contribution in [1.29, 1.82) is 0 Å². The van der Waals surface area contributed by atoms with E-state index in [0.29, 0.717) is 6.04 Å². The summed E-state index contributed by atoms with van der Waals surface area (Å²) in [4.78, 5) is 15.1. The van der Waals surface area contributed by atoms with Gasteiger partial charge in [-0.25, -0.2) is 0 Å². The van der Waals surface area contributed by atoms with Gasteiger partial charge in [-0.1, -0.05) is 0 Å². The van der Waals surface area contributed by atoms with Crippen molar-refractivity contribution in [3.8, 4) is 0 Å². The Morgan fingerprint density at radius 2 is 2.41 bits per heavy atom.